The number of hydrogen-bond donors (Lipinski definition) is 2. The van der Waals surface area contributed by atoms with Crippen molar-refractivity contribution in [2.45, 2.75) is 13.8 Å². The van der Waals surface area contributed by atoms with Crippen LogP contribution in [0.5, 0.6) is 5.75 Å². The summed E-state index contributed by atoms with van der Waals surface area (Å²) in [6.07, 6.45) is 0. The Morgan fingerprint density at radius 3 is 2.55 bits per heavy atom. The molecule has 2 aromatic carbocycles. The van der Waals surface area contributed by atoms with Gasteiger partial charge in [-0.25, -0.2) is 9.18 Å². The highest BCUT2D eigenvalue weighted by molar-refractivity contribution is 7.15. The summed E-state index contributed by atoms with van der Waals surface area (Å²) >= 11 is 1.21. The lowest BCUT2D eigenvalue weighted by molar-refractivity contribution is -0.114. The number of anilines is 2. The Bertz CT molecular complexity index is 1080. The second kappa shape index (κ2) is 10.1. The summed E-state index contributed by atoms with van der Waals surface area (Å²) in [5.74, 6) is -0.628. The number of rotatable bonds is 8. The summed E-state index contributed by atoms with van der Waals surface area (Å²) in [6.45, 7) is 3.82. The maximum Gasteiger partial charge on any atom is 0.341 e. The number of carbonyl (C=O) groups is 2. The van der Waals surface area contributed by atoms with Gasteiger partial charge in [-0.1, -0.05) is 18.2 Å². The smallest absolute Gasteiger partial charge is 0.341 e. The minimum absolute atomic E-state index is 0.0220. The van der Waals surface area contributed by atoms with Crippen molar-refractivity contribution in [3.8, 4) is 16.9 Å². The molecule has 0 unspecified atom stereocenters. The van der Waals surface area contributed by atoms with E-state index in [2.05, 4.69) is 10.6 Å². The Morgan fingerprint density at radius 1 is 1.13 bits per heavy atom. The number of aryl methyl sites for hydroxylation is 1. The first-order valence-corrected chi connectivity index (χ1v) is 10.5. The maximum absolute atomic E-state index is 13.3. The van der Waals surface area contributed by atoms with Crippen LogP contribution in [0.2, 0.25) is 0 Å². The van der Waals surface area contributed by atoms with E-state index in [-0.39, 0.29) is 30.4 Å². The predicted molar refractivity (Wildman–Crippen MR) is 121 cm³/mol. The van der Waals surface area contributed by atoms with Crippen LogP contribution in [0.15, 0.2) is 47.8 Å². The Hall–Kier alpha value is -3.39. The minimum Gasteiger partial charge on any atom is -0.495 e. The first-order chi connectivity index (χ1) is 14.9. The zero-order chi connectivity index (χ0) is 22.4. The fourth-order valence-corrected chi connectivity index (χ4v) is 3.98. The van der Waals surface area contributed by atoms with Crippen LogP contribution in [0.3, 0.4) is 0 Å². The predicted octanol–water partition coefficient (Wildman–Crippen LogP) is 5.10. The molecule has 1 amide bonds. The summed E-state index contributed by atoms with van der Waals surface area (Å²) in [5.41, 5.74) is 3.20. The van der Waals surface area contributed by atoms with Crippen LogP contribution in [-0.4, -0.2) is 32.1 Å². The lowest BCUT2D eigenvalue weighted by Gasteiger charge is -2.12. The minimum atomic E-state index is -0.549. The molecular formula is C23H23FN2O4S. The van der Waals surface area contributed by atoms with Crippen LogP contribution in [0.1, 0.15) is 22.8 Å². The van der Waals surface area contributed by atoms with E-state index in [0.717, 1.165) is 5.56 Å². The lowest BCUT2D eigenvalue weighted by atomic mass is 10.0. The number of hydrogen-bond acceptors (Lipinski definition) is 6. The molecular weight excluding hydrogens is 419 g/mol. The average molecular weight is 443 g/mol. The molecule has 0 aliphatic rings. The van der Waals surface area contributed by atoms with Crippen LogP contribution in [0, 0.1) is 12.7 Å². The number of ether oxygens (including phenoxy) is 2. The molecule has 0 aliphatic heterocycles. The van der Waals surface area contributed by atoms with Crippen molar-refractivity contribution < 1.29 is 23.5 Å². The number of amides is 1. The van der Waals surface area contributed by atoms with E-state index < -0.39 is 5.97 Å². The number of methoxy groups -OCH3 is 1. The summed E-state index contributed by atoms with van der Waals surface area (Å²) < 4.78 is 23.8. The molecule has 0 fully saturated rings. The van der Waals surface area contributed by atoms with Crippen molar-refractivity contribution in [1.29, 1.82) is 0 Å². The van der Waals surface area contributed by atoms with E-state index in [1.165, 1.54) is 23.5 Å². The molecule has 1 heterocycles. The number of halogens is 1. The van der Waals surface area contributed by atoms with Crippen LogP contribution < -0.4 is 15.4 Å². The average Bonchev–Trinajstić information content (AvgIpc) is 3.16. The molecule has 0 bridgehead atoms. The highest BCUT2D eigenvalue weighted by Crippen LogP contribution is 2.36. The number of nitrogens with one attached hydrogen (secondary N) is 2. The second-order valence-corrected chi connectivity index (χ2v) is 7.57. The summed E-state index contributed by atoms with van der Waals surface area (Å²) in [7, 11) is 1.56. The molecule has 0 atom stereocenters. The quantitative estimate of drug-likeness (QED) is 0.475. The number of esters is 1. The van der Waals surface area contributed by atoms with E-state index in [9.17, 15) is 14.0 Å². The zero-order valence-corrected chi connectivity index (χ0v) is 18.3. The fourth-order valence-electron chi connectivity index (χ4n) is 3.00. The van der Waals surface area contributed by atoms with E-state index in [1.807, 2.05) is 25.1 Å². The van der Waals surface area contributed by atoms with E-state index in [4.69, 9.17) is 9.47 Å². The number of benzene rings is 2. The SMILES string of the molecule is CCOC(=O)c1c(-c2ccc(F)cc2)csc1NC(=O)CNc1cc(C)ccc1OC. The zero-order valence-electron chi connectivity index (χ0n) is 17.5. The Kier molecular flexibility index (Phi) is 7.25. The molecule has 2 N–H and O–H groups in total. The van der Waals surface area contributed by atoms with Crippen molar-refractivity contribution >= 4 is 33.9 Å². The van der Waals surface area contributed by atoms with E-state index in [1.54, 1.807) is 31.5 Å². The van der Waals surface area contributed by atoms with Gasteiger partial charge in [-0.15, -0.1) is 11.3 Å². The van der Waals surface area contributed by atoms with Crippen molar-refractivity contribution in [3.63, 3.8) is 0 Å². The molecule has 3 aromatic rings. The molecule has 0 radical (unpaired) electrons. The molecule has 31 heavy (non-hydrogen) atoms. The molecule has 1 aromatic heterocycles. The molecule has 8 heteroatoms. The normalized spacial score (nSPS) is 10.5. The van der Waals surface area contributed by atoms with Crippen LogP contribution >= 0.6 is 11.3 Å². The van der Waals surface area contributed by atoms with Crippen LogP contribution in [0.25, 0.3) is 11.1 Å². The van der Waals surface area contributed by atoms with Gasteiger partial charge in [0.05, 0.1) is 25.9 Å². The van der Waals surface area contributed by atoms with Crippen molar-refractivity contribution in [2.75, 3.05) is 30.9 Å². The van der Waals surface area contributed by atoms with Gasteiger partial charge in [0.2, 0.25) is 5.91 Å². The van der Waals surface area contributed by atoms with Crippen molar-refractivity contribution in [1.82, 2.24) is 0 Å². The maximum atomic E-state index is 13.3. The van der Waals surface area contributed by atoms with Gasteiger partial charge in [-0.3, -0.25) is 4.79 Å². The first kappa shape index (κ1) is 22.3. The fraction of sp³-hybridized carbons (Fsp3) is 0.217. The third kappa shape index (κ3) is 5.40. The summed E-state index contributed by atoms with van der Waals surface area (Å²) in [6, 6.07) is 11.4. The highest BCUT2D eigenvalue weighted by Gasteiger charge is 2.23. The van der Waals surface area contributed by atoms with Gasteiger partial charge in [0, 0.05) is 10.9 Å². The highest BCUT2D eigenvalue weighted by atomic mass is 32.1. The molecule has 0 saturated carbocycles. The monoisotopic (exact) mass is 442 g/mol. The Morgan fingerprint density at radius 2 is 1.87 bits per heavy atom. The first-order valence-electron chi connectivity index (χ1n) is 9.65. The molecule has 162 valence electrons. The van der Waals surface area contributed by atoms with E-state index >= 15 is 0 Å². The standard InChI is InChI=1S/C23H23FN2O4S/c1-4-30-23(28)21-17(15-6-8-16(24)9-7-15)13-31-22(21)26-20(27)12-25-18-11-14(2)5-10-19(18)29-3/h5-11,13,25H,4,12H2,1-3H3,(H,26,27). The van der Waals surface area contributed by atoms with Gasteiger partial charge in [-0.05, 0) is 49.2 Å². The van der Waals surface area contributed by atoms with Crippen LogP contribution in [0.4, 0.5) is 15.1 Å². The molecule has 0 spiro atoms. The van der Waals surface area contributed by atoms with Gasteiger partial charge in [0.15, 0.2) is 0 Å². The van der Waals surface area contributed by atoms with Crippen LogP contribution in [-0.2, 0) is 9.53 Å². The largest absolute Gasteiger partial charge is 0.495 e. The summed E-state index contributed by atoms with van der Waals surface area (Å²) in [4.78, 5) is 25.2. The second-order valence-electron chi connectivity index (χ2n) is 6.69. The summed E-state index contributed by atoms with van der Waals surface area (Å²) in [5, 5.41) is 7.95. The van der Waals surface area contributed by atoms with Gasteiger partial charge in [0.25, 0.3) is 0 Å². The number of carbonyl (C=O) groups excluding carboxylic acids is 2. The van der Waals surface area contributed by atoms with Gasteiger partial charge in [0.1, 0.15) is 22.1 Å². The lowest BCUT2D eigenvalue weighted by Crippen LogP contribution is -2.22. The molecule has 0 saturated heterocycles. The molecule has 6 nitrogen and oxygen atoms in total. The topological polar surface area (TPSA) is 76.7 Å². The van der Waals surface area contributed by atoms with Crippen molar-refractivity contribution in [2.24, 2.45) is 0 Å². The van der Waals surface area contributed by atoms with Crippen molar-refractivity contribution in [3.05, 3.63) is 64.8 Å². The third-order valence-corrected chi connectivity index (χ3v) is 5.37. The molecule has 0 aliphatic carbocycles. The molecule has 3 rings (SSSR count). The Balaban J connectivity index is 1.80. The Labute approximate surface area is 184 Å². The van der Waals surface area contributed by atoms with Gasteiger partial charge in [-0.2, -0.15) is 0 Å². The third-order valence-electron chi connectivity index (χ3n) is 4.47. The van der Waals surface area contributed by atoms with Gasteiger partial charge >= 0.3 is 5.97 Å². The van der Waals surface area contributed by atoms with E-state index in [0.29, 0.717) is 27.6 Å². The number of thiophene rings is 1. The van der Waals surface area contributed by atoms with Gasteiger partial charge < -0.3 is 20.1 Å².